The Morgan fingerprint density at radius 3 is 1.44 bits per heavy atom. The Hall–Kier alpha value is 0.539. The Balaban J connectivity index is 4.45. The Morgan fingerprint density at radius 2 is 1.19 bits per heavy atom. The van der Waals surface area contributed by atoms with Gasteiger partial charge in [-0.15, -0.1) is 0 Å². The van der Waals surface area contributed by atoms with Gasteiger partial charge in [0.05, 0.1) is 0 Å². The fourth-order valence-electron chi connectivity index (χ4n) is 2.46. The topological polar surface area (TPSA) is 0 Å². The van der Waals surface area contributed by atoms with Gasteiger partial charge < -0.3 is 0 Å². The van der Waals surface area contributed by atoms with E-state index in [9.17, 15) is 0 Å². The summed E-state index contributed by atoms with van der Waals surface area (Å²) in [6.07, 6.45) is 10.6. The quantitative estimate of drug-likeness (QED) is 0.446. The van der Waals surface area contributed by atoms with Crippen molar-refractivity contribution in [2.24, 2.45) is 0 Å². The zero-order valence-corrected chi connectivity index (χ0v) is 14.6. The predicted octanol–water partition coefficient (Wildman–Crippen LogP) is 5.76. The normalized spacial score (nSPS) is 12.5. The van der Waals surface area contributed by atoms with E-state index in [1.165, 1.54) is 38.5 Å². The molecule has 16 heavy (non-hydrogen) atoms. The number of allylic oxidation sites excluding steroid dienone is 1. The number of unbranched alkanes of at least 4 members (excludes halogenated alkanes) is 3. The van der Waals surface area contributed by atoms with Crippen molar-refractivity contribution in [3.8, 4) is 0 Å². The fraction of sp³-hybridized carbons (Fsp3) is 0.800. The molecule has 0 atom stereocenters. The molecule has 0 spiro atoms. The average Bonchev–Trinajstić information content (AvgIpc) is 2.31. The van der Waals surface area contributed by atoms with Crippen molar-refractivity contribution in [2.45, 2.75) is 72.6 Å². The molecule has 0 aromatic rings. The SMILES string of the molecule is [CH2]/C=[CH]\[Sn]([CH2]CCC)([CH2]CCC)[CH2]CCC. The van der Waals surface area contributed by atoms with E-state index < -0.39 is 18.4 Å². The van der Waals surface area contributed by atoms with Crippen molar-refractivity contribution in [1.82, 2.24) is 0 Å². The first kappa shape index (κ1) is 16.5. The van der Waals surface area contributed by atoms with Crippen molar-refractivity contribution >= 4 is 18.4 Å². The van der Waals surface area contributed by atoms with Crippen LogP contribution in [0.2, 0.25) is 13.3 Å². The van der Waals surface area contributed by atoms with Crippen LogP contribution in [0.1, 0.15) is 59.3 Å². The molecular formula is C15H31Sn. The summed E-state index contributed by atoms with van der Waals surface area (Å²) in [5.74, 6) is 0. The molecule has 0 rings (SSSR count). The van der Waals surface area contributed by atoms with Gasteiger partial charge >= 0.3 is 108 Å². The molecule has 1 heteroatoms. The van der Waals surface area contributed by atoms with Gasteiger partial charge in [-0.1, -0.05) is 0 Å². The van der Waals surface area contributed by atoms with Crippen LogP contribution in [0, 0.1) is 6.92 Å². The molecule has 0 unspecified atom stereocenters. The molecule has 0 aliphatic carbocycles. The van der Waals surface area contributed by atoms with Crippen LogP contribution >= 0.6 is 0 Å². The molecule has 1 radical (unpaired) electrons. The molecule has 0 aromatic heterocycles. The van der Waals surface area contributed by atoms with E-state index in [0.717, 1.165) is 0 Å². The van der Waals surface area contributed by atoms with Crippen LogP contribution in [0.15, 0.2) is 10.2 Å². The predicted molar refractivity (Wildman–Crippen MR) is 79.4 cm³/mol. The van der Waals surface area contributed by atoms with Gasteiger partial charge in [-0.2, -0.15) is 0 Å². The Morgan fingerprint density at radius 1 is 0.812 bits per heavy atom. The standard InChI is InChI=1S/3C4H9.C3H4.Sn/c3*1-3-4-2;1-3-2;/h3*1,3-4H2,2H3;1,3H,2H2;. The average molecular weight is 330 g/mol. The zero-order valence-electron chi connectivity index (χ0n) is 11.7. The van der Waals surface area contributed by atoms with Gasteiger partial charge in [0.25, 0.3) is 0 Å². The van der Waals surface area contributed by atoms with E-state index in [-0.39, 0.29) is 0 Å². The molecular weight excluding hydrogens is 299 g/mol. The van der Waals surface area contributed by atoms with E-state index in [1.807, 2.05) is 0 Å². The zero-order chi connectivity index (χ0) is 12.3. The van der Waals surface area contributed by atoms with Crippen LogP contribution in [0.25, 0.3) is 0 Å². The summed E-state index contributed by atoms with van der Waals surface area (Å²) >= 11 is -1.90. The van der Waals surface area contributed by atoms with Gasteiger partial charge in [0.1, 0.15) is 0 Å². The first-order valence-corrected chi connectivity index (χ1v) is 14.9. The second-order valence-corrected chi connectivity index (χ2v) is 18.1. The van der Waals surface area contributed by atoms with Crippen molar-refractivity contribution in [3.05, 3.63) is 17.1 Å². The van der Waals surface area contributed by atoms with Gasteiger partial charge in [0, 0.05) is 0 Å². The van der Waals surface area contributed by atoms with Gasteiger partial charge in [-0.25, -0.2) is 0 Å². The maximum absolute atomic E-state index is 3.97. The first-order valence-electron chi connectivity index (χ1n) is 7.21. The third-order valence-corrected chi connectivity index (χ3v) is 17.8. The molecule has 0 bridgehead atoms. The van der Waals surface area contributed by atoms with Gasteiger partial charge in [-0.3, -0.25) is 0 Å². The van der Waals surface area contributed by atoms with Gasteiger partial charge in [-0.05, 0) is 0 Å². The minimum absolute atomic E-state index is 1.36. The van der Waals surface area contributed by atoms with Crippen molar-refractivity contribution in [2.75, 3.05) is 0 Å². The van der Waals surface area contributed by atoms with E-state index in [4.69, 9.17) is 0 Å². The minimum atomic E-state index is -1.90. The maximum atomic E-state index is 3.97. The summed E-state index contributed by atoms with van der Waals surface area (Å²) in [4.78, 5) is 0. The van der Waals surface area contributed by atoms with E-state index in [2.05, 4.69) is 37.9 Å². The molecule has 0 aromatic carbocycles. The molecule has 0 fully saturated rings. The first-order chi connectivity index (χ1) is 7.74. The number of hydrogen-bond donors (Lipinski definition) is 0. The monoisotopic (exact) mass is 331 g/mol. The molecule has 0 nitrogen and oxygen atoms in total. The summed E-state index contributed by atoms with van der Waals surface area (Å²) in [5.41, 5.74) is 0. The van der Waals surface area contributed by atoms with Gasteiger partial charge in [0.15, 0.2) is 0 Å². The Labute approximate surface area is 108 Å². The number of rotatable bonds is 10. The summed E-state index contributed by atoms with van der Waals surface area (Å²) in [5, 5.41) is 0. The van der Waals surface area contributed by atoms with Crippen LogP contribution in [-0.2, 0) is 0 Å². The Kier molecular flexibility index (Phi) is 11.0. The van der Waals surface area contributed by atoms with E-state index in [1.54, 1.807) is 13.3 Å². The summed E-state index contributed by atoms with van der Waals surface area (Å²) in [7, 11) is 0. The van der Waals surface area contributed by atoms with Crippen LogP contribution in [0.4, 0.5) is 0 Å². The van der Waals surface area contributed by atoms with Crippen LogP contribution in [0.5, 0.6) is 0 Å². The van der Waals surface area contributed by atoms with Crippen LogP contribution < -0.4 is 0 Å². The third kappa shape index (κ3) is 6.98. The molecule has 0 heterocycles. The van der Waals surface area contributed by atoms with E-state index >= 15 is 0 Å². The van der Waals surface area contributed by atoms with Crippen LogP contribution in [0.3, 0.4) is 0 Å². The van der Waals surface area contributed by atoms with Crippen molar-refractivity contribution in [3.63, 3.8) is 0 Å². The number of hydrogen-bond acceptors (Lipinski definition) is 0. The second kappa shape index (κ2) is 10.7. The molecule has 0 amide bonds. The fourth-order valence-corrected chi connectivity index (χ4v) is 16.5. The third-order valence-electron chi connectivity index (χ3n) is 3.56. The summed E-state index contributed by atoms with van der Waals surface area (Å²) in [6.45, 7) is 10.9. The van der Waals surface area contributed by atoms with Gasteiger partial charge in [0.2, 0.25) is 0 Å². The Bertz CT molecular complexity index is 150. The van der Waals surface area contributed by atoms with Crippen molar-refractivity contribution < 1.29 is 0 Å². The summed E-state index contributed by atoms with van der Waals surface area (Å²) in [6, 6.07) is 0. The molecule has 0 saturated carbocycles. The molecule has 0 saturated heterocycles. The molecule has 95 valence electrons. The van der Waals surface area contributed by atoms with Crippen LogP contribution in [-0.4, -0.2) is 18.4 Å². The summed E-state index contributed by atoms with van der Waals surface area (Å²) < 4.78 is 7.31. The molecule has 0 aliphatic rings. The van der Waals surface area contributed by atoms with E-state index in [0.29, 0.717) is 0 Å². The molecule has 0 aliphatic heterocycles. The molecule has 0 N–H and O–H groups in total. The second-order valence-electron chi connectivity index (χ2n) is 5.08. The van der Waals surface area contributed by atoms with Crippen molar-refractivity contribution in [1.29, 1.82) is 0 Å².